The summed E-state index contributed by atoms with van der Waals surface area (Å²) >= 11 is 0. The Balaban J connectivity index is 1.54. The van der Waals surface area contributed by atoms with Crippen molar-refractivity contribution in [3.8, 4) is 0 Å². The quantitative estimate of drug-likeness (QED) is 0.504. The second-order valence-electron chi connectivity index (χ2n) is 6.20. The SMILES string of the molecule is Cc1ccc(C)c(COC(=O)/C=C/c2cn(Cc3ccccc3)nn2)c1. The molecule has 1 heterocycles. The number of carbonyl (C=O) groups is 1. The number of ether oxygens (including phenoxy) is 1. The number of nitrogens with zero attached hydrogens (tertiary/aromatic N) is 3. The van der Waals surface area contributed by atoms with E-state index in [1.54, 1.807) is 17.0 Å². The van der Waals surface area contributed by atoms with Crippen LogP contribution < -0.4 is 0 Å². The van der Waals surface area contributed by atoms with E-state index in [4.69, 9.17) is 4.74 Å². The van der Waals surface area contributed by atoms with Crippen LogP contribution in [0.4, 0.5) is 0 Å². The number of hydrogen-bond acceptors (Lipinski definition) is 4. The molecule has 0 amide bonds. The highest BCUT2D eigenvalue weighted by atomic mass is 16.5. The molecule has 0 aliphatic rings. The van der Waals surface area contributed by atoms with E-state index in [1.807, 2.05) is 62.4 Å². The number of aryl methyl sites for hydroxylation is 2. The van der Waals surface area contributed by atoms with E-state index in [1.165, 1.54) is 6.08 Å². The molecule has 132 valence electrons. The number of aromatic nitrogens is 3. The molecule has 0 unspecified atom stereocenters. The van der Waals surface area contributed by atoms with Gasteiger partial charge in [-0.05, 0) is 36.6 Å². The maximum Gasteiger partial charge on any atom is 0.331 e. The first-order valence-corrected chi connectivity index (χ1v) is 8.45. The molecular weight excluding hydrogens is 326 g/mol. The van der Waals surface area contributed by atoms with Gasteiger partial charge >= 0.3 is 5.97 Å². The Hall–Kier alpha value is -3.21. The minimum Gasteiger partial charge on any atom is -0.458 e. The van der Waals surface area contributed by atoms with Gasteiger partial charge < -0.3 is 4.74 Å². The molecule has 0 N–H and O–H groups in total. The molecule has 3 rings (SSSR count). The normalized spacial score (nSPS) is 11.0. The third-order valence-corrected chi connectivity index (χ3v) is 4.01. The number of esters is 1. The van der Waals surface area contributed by atoms with Gasteiger partial charge in [-0.1, -0.05) is 59.3 Å². The standard InChI is InChI=1S/C21H21N3O2/c1-16-8-9-17(2)19(12-16)15-26-21(25)11-10-20-14-24(23-22-20)13-18-6-4-3-5-7-18/h3-12,14H,13,15H2,1-2H3/b11-10+. The van der Waals surface area contributed by atoms with E-state index in [0.29, 0.717) is 12.2 Å². The topological polar surface area (TPSA) is 57.0 Å². The highest BCUT2D eigenvalue weighted by molar-refractivity contribution is 5.86. The fourth-order valence-corrected chi connectivity index (χ4v) is 2.54. The zero-order valence-corrected chi connectivity index (χ0v) is 14.9. The monoisotopic (exact) mass is 347 g/mol. The lowest BCUT2D eigenvalue weighted by Gasteiger charge is -2.07. The average Bonchev–Trinajstić information content (AvgIpc) is 3.09. The van der Waals surface area contributed by atoms with Gasteiger partial charge in [-0.25, -0.2) is 9.48 Å². The van der Waals surface area contributed by atoms with Crippen LogP contribution in [0.25, 0.3) is 6.08 Å². The molecule has 0 fully saturated rings. The van der Waals surface area contributed by atoms with Crippen molar-refractivity contribution >= 4 is 12.0 Å². The molecule has 0 saturated carbocycles. The molecule has 1 aromatic heterocycles. The van der Waals surface area contributed by atoms with Crippen LogP contribution in [-0.2, 0) is 22.7 Å². The van der Waals surface area contributed by atoms with Gasteiger partial charge in [0.2, 0.25) is 0 Å². The van der Waals surface area contributed by atoms with Crippen molar-refractivity contribution in [2.24, 2.45) is 0 Å². The van der Waals surface area contributed by atoms with E-state index in [2.05, 4.69) is 10.3 Å². The minimum absolute atomic E-state index is 0.261. The van der Waals surface area contributed by atoms with Crippen molar-refractivity contribution in [2.45, 2.75) is 27.0 Å². The number of rotatable bonds is 6. The van der Waals surface area contributed by atoms with Crippen LogP contribution in [0, 0.1) is 13.8 Å². The summed E-state index contributed by atoms with van der Waals surface area (Å²) < 4.78 is 7.04. The number of carbonyl (C=O) groups excluding carboxylic acids is 1. The molecule has 5 nitrogen and oxygen atoms in total. The molecule has 3 aromatic rings. The van der Waals surface area contributed by atoms with Crippen LogP contribution in [0.3, 0.4) is 0 Å². The molecule has 0 bridgehead atoms. The van der Waals surface area contributed by atoms with Gasteiger partial charge in [0, 0.05) is 6.08 Å². The van der Waals surface area contributed by atoms with Crippen LogP contribution in [0.1, 0.15) is 27.9 Å². The first kappa shape index (κ1) is 17.6. The molecule has 0 radical (unpaired) electrons. The van der Waals surface area contributed by atoms with Gasteiger partial charge in [-0.3, -0.25) is 0 Å². The number of benzene rings is 2. The van der Waals surface area contributed by atoms with Gasteiger partial charge in [-0.2, -0.15) is 0 Å². The van der Waals surface area contributed by atoms with Gasteiger partial charge in [0.1, 0.15) is 12.3 Å². The molecule has 0 spiro atoms. The van der Waals surface area contributed by atoms with Crippen LogP contribution in [0.5, 0.6) is 0 Å². The maximum atomic E-state index is 11.9. The third-order valence-electron chi connectivity index (χ3n) is 4.01. The van der Waals surface area contributed by atoms with Crippen molar-refractivity contribution in [3.63, 3.8) is 0 Å². The van der Waals surface area contributed by atoms with Gasteiger partial charge in [-0.15, -0.1) is 5.10 Å². The summed E-state index contributed by atoms with van der Waals surface area (Å²) in [6.07, 6.45) is 4.78. The van der Waals surface area contributed by atoms with Crippen molar-refractivity contribution < 1.29 is 9.53 Å². The Morgan fingerprint density at radius 1 is 1.15 bits per heavy atom. The zero-order chi connectivity index (χ0) is 18.4. The van der Waals surface area contributed by atoms with Crippen LogP contribution in [0.15, 0.2) is 60.8 Å². The Labute approximate surface area is 152 Å². The molecule has 26 heavy (non-hydrogen) atoms. The Bertz CT molecular complexity index is 914. The molecule has 0 saturated heterocycles. The van der Waals surface area contributed by atoms with Crippen molar-refractivity contribution in [1.29, 1.82) is 0 Å². The molecule has 0 aliphatic carbocycles. The summed E-state index contributed by atoms with van der Waals surface area (Å²) in [6, 6.07) is 16.1. The summed E-state index contributed by atoms with van der Waals surface area (Å²) in [5, 5.41) is 8.11. The first-order valence-electron chi connectivity index (χ1n) is 8.45. The second kappa shape index (κ2) is 8.25. The highest BCUT2D eigenvalue weighted by Gasteiger charge is 2.04. The van der Waals surface area contributed by atoms with E-state index in [-0.39, 0.29) is 6.61 Å². The first-order chi connectivity index (χ1) is 12.6. The van der Waals surface area contributed by atoms with E-state index >= 15 is 0 Å². The van der Waals surface area contributed by atoms with E-state index < -0.39 is 5.97 Å². The fourth-order valence-electron chi connectivity index (χ4n) is 2.54. The minimum atomic E-state index is -0.400. The lowest BCUT2D eigenvalue weighted by atomic mass is 10.1. The lowest BCUT2D eigenvalue weighted by Crippen LogP contribution is -2.02. The van der Waals surface area contributed by atoms with E-state index in [9.17, 15) is 4.79 Å². The van der Waals surface area contributed by atoms with E-state index in [0.717, 1.165) is 22.3 Å². The van der Waals surface area contributed by atoms with Crippen LogP contribution in [0.2, 0.25) is 0 Å². The Morgan fingerprint density at radius 3 is 2.77 bits per heavy atom. The van der Waals surface area contributed by atoms with Gasteiger partial charge in [0.15, 0.2) is 0 Å². The van der Waals surface area contributed by atoms with Gasteiger partial charge in [0.25, 0.3) is 0 Å². The summed E-state index contributed by atoms with van der Waals surface area (Å²) in [6.45, 7) is 4.92. The summed E-state index contributed by atoms with van der Waals surface area (Å²) in [5.41, 5.74) is 5.02. The maximum absolute atomic E-state index is 11.9. The summed E-state index contributed by atoms with van der Waals surface area (Å²) in [7, 11) is 0. The smallest absolute Gasteiger partial charge is 0.331 e. The largest absolute Gasteiger partial charge is 0.458 e. The predicted molar refractivity (Wildman–Crippen MR) is 100 cm³/mol. The van der Waals surface area contributed by atoms with Crippen molar-refractivity contribution in [2.75, 3.05) is 0 Å². The predicted octanol–water partition coefficient (Wildman–Crippen LogP) is 3.70. The Morgan fingerprint density at radius 2 is 1.96 bits per heavy atom. The molecule has 2 aromatic carbocycles. The molecular formula is C21H21N3O2. The van der Waals surface area contributed by atoms with Gasteiger partial charge in [0.05, 0.1) is 12.7 Å². The lowest BCUT2D eigenvalue weighted by molar-refractivity contribution is -0.138. The number of hydrogen-bond donors (Lipinski definition) is 0. The van der Waals surface area contributed by atoms with Crippen LogP contribution >= 0.6 is 0 Å². The molecule has 5 heteroatoms. The second-order valence-corrected chi connectivity index (χ2v) is 6.20. The summed E-state index contributed by atoms with van der Waals surface area (Å²) in [5.74, 6) is -0.400. The van der Waals surface area contributed by atoms with Crippen molar-refractivity contribution in [3.05, 3.63) is 88.8 Å². The fraction of sp³-hybridized carbons (Fsp3) is 0.190. The molecule has 0 atom stereocenters. The molecule has 0 aliphatic heterocycles. The van der Waals surface area contributed by atoms with Crippen molar-refractivity contribution in [1.82, 2.24) is 15.0 Å². The average molecular weight is 347 g/mol. The summed E-state index contributed by atoms with van der Waals surface area (Å²) in [4.78, 5) is 11.9. The highest BCUT2D eigenvalue weighted by Crippen LogP contribution is 2.12. The zero-order valence-electron chi connectivity index (χ0n) is 14.9. The Kier molecular flexibility index (Phi) is 5.59. The third kappa shape index (κ3) is 4.89. The van der Waals surface area contributed by atoms with Crippen LogP contribution in [-0.4, -0.2) is 21.0 Å².